The molecule has 1 aliphatic rings. The summed E-state index contributed by atoms with van der Waals surface area (Å²) in [5.41, 5.74) is 1.89. The van der Waals surface area contributed by atoms with E-state index in [9.17, 15) is 9.59 Å². The third kappa shape index (κ3) is 5.37. The molecule has 29 heavy (non-hydrogen) atoms. The second-order valence-corrected chi connectivity index (χ2v) is 7.58. The van der Waals surface area contributed by atoms with Crippen LogP contribution in [0.15, 0.2) is 60.7 Å². The molecule has 0 radical (unpaired) electrons. The molecule has 0 N–H and O–H groups in total. The minimum atomic E-state index is -0.279. The van der Waals surface area contributed by atoms with Gasteiger partial charge in [0.1, 0.15) is 6.61 Å². The number of piperidine rings is 1. The van der Waals surface area contributed by atoms with E-state index in [4.69, 9.17) is 4.74 Å². The number of hydrogen-bond acceptors (Lipinski definition) is 3. The van der Waals surface area contributed by atoms with Gasteiger partial charge in [0.15, 0.2) is 0 Å². The molecule has 154 valence electrons. The molecular formula is C24H30N2O3. The van der Waals surface area contributed by atoms with Gasteiger partial charge in [0.2, 0.25) is 5.91 Å². The number of hydrogen-bond donors (Lipinski definition) is 0. The molecule has 1 heterocycles. The Morgan fingerprint density at radius 2 is 1.76 bits per heavy atom. The number of anilines is 1. The average Bonchev–Trinajstić information content (AvgIpc) is 2.79. The Bertz CT molecular complexity index is 794. The van der Waals surface area contributed by atoms with E-state index in [1.54, 1.807) is 4.90 Å². The molecule has 0 spiro atoms. The van der Waals surface area contributed by atoms with Crippen LogP contribution in [0.3, 0.4) is 0 Å². The SMILES string of the molecule is CCC(=O)N(c1ccccc1)[C@@H](C)C1CCCN(C(=O)OCc2ccccc2)C1. The summed E-state index contributed by atoms with van der Waals surface area (Å²) in [7, 11) is 0. The van der Waals surface area contributed by atoms with Crippen molar-refractivity contribution in [2.45, 2.75) is 45.8 Å². The van der Waals surface area contributed by atoms with Crippen molar-refractivity contribution in [3.05, 3.63) is 66.2 Å². The maximum atomic E-state index is 12.7. The van der Waals surface area contributed by atoms with Gasteiger partial charge in [-0.05, 0) is 43.4 Å². The van der Waals surface area contributed by atoms with Crippen LogP contribution in [0.4, 0.5) is 10.5 Å². The number of rotatable bonds is 6. The van der Waals surface area contributed by atoms with Gasteiger partial charge in [0.05, 0.1) is 0 Å². The van der Waals surface area contributed by atoms with Crippen LogP contribution in [-0.2, 0) is 16.1 Å². The number of para-hydroxylation sites is 1. The van der Waals surface area contributed by atoms with E-state index in [2.05, 4.69) is 6.92 Å². The largest absolute Gasteiger partial charge is 0.445 e. The minimum Gasteiger partial charge on any atom is -0.445 e. The summed E-state index contributed by atoms with van der Waals surface area (Å²) in [6, 6.07) is 19.5. The second kappa shape index (κ2) is 10.1. The Labute approximate surface area is 173 Å². The molecule has 2 amide bonds. The summed E-state index contributed by atoms with van der Waals surface area (Å²) in [6.45, 7) is 5.56. The van der Waals surface area contributed by atoms with Crippen LogP contribution < -0.4 is 4.90 Å². The van der Waals surface area contributed by atoms with Gasteiger partial charge in [0, 0.05) is 31.2 Å². The lowest BCUT2D eigenvalue weighted by Gasteiger charge is -2.40. The smallest absolute Gasteiger partial charge is 0.410 e. The number of nitrogens with zero attached hydrogens (tertiary/aromatic N) is 2. The van der Waals surface area contributed by atoms with E-state index in [0.717, 1.165) is 24.1 Å². The molecule has 2 aromatic carbocycles. The number of carbonyl (C=O) groups is 2. The van der Waals surface area contributed by atoms with Crippen LogP contribution in [0.2, 0.25) is 0 Å². The molecule has 0 aromatic heterocycles. The van der Waals surface area contributed by atoms with Gasteiger partial charge in [-0.3, -0.25) is 4.79 Å². The fourth-order valence-corrected chi connectivity index (χ4v) is 3.96. The van der Waals surface area contributed by atoms with Gasteiger partial charge in [0.25, 0.3) is 0 Å². The summed E-state index contributed by atoms with van der Waals surface area (Å²) in [4.78, 5) is 29.0. The summed E-state index contributed by atoms with van der Waals surface area (Å²) in [5, 5.41) is 0. The monoisotopic (exact) mass is 394 g/mol. The first kappa shape index (κ1) is 20.9. The number of ether oxygens (including phenoxy) is 1. The van der Waals surface area contributed by atoms with Crippen LogP contribution in [0, 0.1) is 5.92 Å². The molecule has 3 rings (SSSR count). The van der Waals surface area contributed by atoms with E-state index in [0.29, 0.717) is 19.5 Å². The molecule has 1 fully saturated rings. The molecule has 2 aromatic rings. The maximum absolute atomic E-state index is 12.7. The van der Waals surface area contributed by atoms with Crippen LogP contribution >= 0.6 is 0 Å². The minimum absolute atomic E-state index is 0.00886. The van der Waals surface area contributed by atoms with Crippen molar-refractivity contribution in [3.8, 4) is 0 Å². The van der Waals surface area contributed by atoms with Gasteiger partial charge < -0.3 is 14.5 Å². The molecule has 1 unspecified atom stereocenters. The zero-order chi connectivity index (χ0) is 20.6. The summed E-state index contributed by atoms with van der Waals surface area (Å²) < 4.78 is 5.52. The summed E-state index contributed by atoms with van der Waals surface area (Å²) in [5.74, 6) is 0.316. The summed E-state index contributed by atoms with van der Waals surface area (Å²) >= 11 is 0. The first-order valence-electron chi connectivity index (χ1n) is 10.4. The Kier molecular flexibility index (Phi) is 7.28. The Morgan fingerprint density at radius 1 is 1.10 bits per heavy atom. The molecule has 0 aliphatic carbocycles. The summed E-state index contributed by atoms with van der Waals surface area (Å²) in [6.07, 6.45) is 2.08. The van der Waals surface area contributed by atoms with E-state index < -0.39 is 0 Å². The number of likely N-dealkylation sites (tertiary alicyclic amines) is 1. The van der Waals surface area contributed by atoms with Crippen LogP contribution in [0.25, 0.3) is 0 Å². The van der Waals surface area contributed by atoms with Crippen molar-refractivity contribution in [2.24, 2.45) is 5.92 Å². The highest BCUT2D eigenvalue weighted by molar-refractivity contribution is 5.93. The molecule has 0 saturated carbocycles. The van der Waals surface area contributed by atoms with E-state index >= 15 is 0 Å². The van der Waals surface area contributed by atoms with Gasteiger partial charge in [-0.1, -0.05) is 55.5 Å². The van der Waals surface area contributed by atoms with E-state index in [-0.39, 0.29) is 30.6 Å². The molecule has 0 bridgehead atoms. The molecule has 5 nitrogen and oxygen atoms in total. The van der Waals surface area contributed by atoms with Crippen LogP contribution in [-0.4, -0.2) is 36.0 Å². The molecule has 5 heteroatoms. The highest BCUT2D eigenvalue weighted by atomic mass is 16.6. The lowest BCUT2D eigenvalue weighted by Crippen LogP contribution is -2.50. The topological polar surface area (TPSA) is 49.9 Å². The van der Waals surface area contributed by atoms with Crippen molar-refractivity contribution in [1.82, 2.24) is 4.90 Å². The lowest BCUT2D eigenvalue weighted by atomic mass is 9.90. The first-order chi connectivity index (χ1) is 14.1. The Hall–Kier alpha value is -2.82. The van der Waals surface area contributed by atoms with E-state index in [1.807, 2.05) is 72.5 Å². The molecular weight excluding hydrogens is 364 g/mol. The predicted molar refractivity (Wildman–Crippen MR) is 115 cm³/mol. The molecule has 2 atom stereocenters. The lowest BCUT2D eigenvalue weighted by molar-refractivity contribution is -0.119. The predicted octanol–water partition coefficient (Wildman–Crippen LogP) is 4.87. The van der Waals surface area contributed by atoms with Gasteiger partial charge in [-0.15, -0.1) is 0 Å². The van der Waals surface area contributed by atoms with E-state index in [1.165, 1.54) is 0 Å². The first-order valence-corrected chi connectivity index (χ1v) is 10.4. The van der Waals surface area contributed by atoms with Crippen molar-refractivity contribution in [2.75, 3.05) is 18.0 Å². The van der Waals surface area contributed by atoms with Crippen LogP contribution in [0.1, 0.15) is 38.7 Å². The van der Waals surface area contributed by atoms with Crippen LogP contribution in [0.5, 0.6) is 0 Å². The highest BCUT2D eigenvalue weighted by Crippen LogP contribution is 2.28. The fraction of sp³-hybridized carbons (Fsp3) is 0.417. The third-order valence-corrected chi connectivity index (χ3v) is 5.62. The molecule has 1 saturated heterocycles. The molecule has 1 aliphatic heterocycles. The standard InChI is InChI=1S/C24H30N2O3/c1-3-23(27)26(22-14-8-5-9-15-22)19(2)21-13-10-16-25(17-21)24(28)29-18-20-11-6-4-7-12-20/h4-9,11-12,14-15,19,21H,3,10,13,16-18H2,1-2H3/t19-,21?/m0/s1. The van der Waals surface area contributed by atoms with Gasteiger partial charge >= 0.3 is 6.09 Å². The van der Waals surface area contributed by atoms with Crippen molar-refractivity contribution < 1.29 is 14.3 Å². The Balaban J connectivity index is 1.65. The Morgan fingerprint density at radius 3 is 2.41 bits per heavy atom. The average molecular weight is 395 g/mol. The number of carbonyl (C=O) groups excluding carboxylic acids is 2. The fourth-order valence-electron chi connectivity index (χ4n) is 3.96. The third-order valence-electron chi connectivity index (χ3n) is 5.62. The number of benzene rings is 2. The van der Waals surface area contributed by atoms with Crippen molar-refractivity contribution >= 4 is 17.7 Å². The van der Waals surface area contributed by atoms with Gasteiger partial charge in [-0.25, -0.2) is 4.79 Å². The quantitative estimate of drug-likeness (QED) is 0.702. The highest BCUT2D eigenvalue weighted by Gasteiger charge is 2.33. The van der Waals surface area contributed by atoms with Crippen molar-refractivity contribution in [3.63, 3.8) is 0 Å². The normalized spacial score (nSPS) is 17.4. The zero-order valence-electron chi connectivity index (χ0n) is 17.3. The van der Waals surface area contributed by atoms with Gasteiger partial charge in [-0.2, -0.15) is 0 Å². The second-order valence-electron chi connectivity index (χ2n) is 7.58. The zero-order valence-corrected chi connectivity index (χ0v) is 17.3. The maximum Gasteiger partial charge on any atom is 0.410 e. The number of amides is 2. The van der Waals surface area contributed by atoms with Crippen molar-refractivity contribution in [1.29, 1.82) is 0 Å².